The molecule has 104 valence electrons. The molecule has 1 fully saturated rings. The Morgan fingerprint density at radius 2 is 2.40 bits per heavy atom. The number of rotatable bonds is 3. The van der Waals surface area contributed by atoms with Gasteiger partial charge in [-0.3, -0.25) is 19.5 Å². The van der Waals surface area contributed by atoms with Crippen LogP contribution in [-0.2, 0) is 9.59 Å². The molecule has 0 bridgehead atoms. The predicted octanol–water partition coefficient (Wildman–Crippen LogP) is 1.64. The van der Waals surface area contributed by atoms with Gasteiger partial charge < -0.3 is 5.32 Å². The van der Waals surface area contributed by atoms with E-state index in [0.717, 1.165) is 16.4 Å². The van der Waals surface area contributed by atoms with Gasteiger partial charge in [-0.1, -0.05) is 23.9 Å². The van der Waals surface area contributed by atoms with Crippen LogP contribution in [-0.4, -0.2) is 40.2 Å². The number of amidine groups is 1. The number of carbonyl (C=O) groups is 2. The number of hydrogen-bond donors (Lipinski definition) is 1. The molecule has 2 amide bonds. The lowest BCUT2D eigenvalue weighted by atomic mass is 10.2. The average molecular weight is 289 g/mol. The van der Waals surface area contributed by atoms with Gasteiger partial charge in [-0.15, -0.1) is 0 Å². The summed E-state index contributed by atoms with van der Waals surface area (Å²) >= 11 is 1.40. The maximum atomic E-state index is 12.1. The van der Waals surface area contributed by atoms with Crippen LogP contribution in [0.15, 0.2) is 29.3 Å². The second-order valence-electron chi connectivity index (χ2n) is 4.88. The number of thioether (sulfide) groups is 1. The van der Waals surface area contributed by atoms with E-state index in [-0.39, 0.29) is 23.5 Å². The summed E-state index contributed by atoms with van der Waals surface area (Å²) in [7, 11) is 0. The molecule has 2 aliphatic heterocycles. The van der Waals surface area contributed by atoms with Gasteiger partial charge in [-0.05, 0) is 24.6 Å². The van der Waals surface area contributed by atoms with Crippen LogP contribution in [0.4, 0.5) is 5.69 Å². The van der Waals surface area contributed by atoms with Crippen molar-refractivity contribution in [3.05, 3.63) is 29.8 Å². The Hall–Kier alpha value is -1.82. The highest BCUT2D eigenvalue weighted by molar-refractivity contribution is 8.15. The third kappa shape index (κ3) is 2.56. The van der Waals surface area contributed by atoms with E-state index in [9.17, 15) is 9.59 Å². The zero-order valence-corrected chi connectivity index (χ0v) is 11.9. The molecule has 0 radical (unpaired) electrons. The molecule has 1 aromatic carbocycles. The summed E-state index contributed by atoms with van der Waals surface area (Å²) in [5, 5.41) is 3.27. The number of amides is 2. The van der Waals surface area contributed by atoms with Crippen LogP contribution in [0.3, 0.4) is 0 Å². The molecule has 2 aliphatic rings. The smallest absolute Gasteiger partial charge is 0.242 e. The van der Waals surface area contributed by atoms with Crippen LogP contribution in [0.25, 0.3) is 0 Å². The molecule has 2 heterocycles. The van der Waals surface area contributed by atoms with Gasteiger partial charge in [0, 0.05) is 18.7 Å². The van der Waals surface area contributed by atoms with E-state index >= 15 is 0 Å². The lowest BCUT2D eigenvalue weighted by molar-refractivity contribution is -0.127. The zero-order valence-electron chi connectivity index (χ0n) is 11.1. The molecule has 1 atom stereocenters. The monoisotopic (exact) mass is 289 g/mol. The minimum atomic E-state index is -0.334. The molecule has 1 unspecified atom stereocenters. The van der Waals surface area contributed by atoms with E-state index in [1.54, 1.807) is 4.90 Å². The highest BCUT2D eigenvalue weighted by Crippen LogP contribution is 2.31. The summed E-state index contributed by atoms with van der Waals surface area (Å²) in [6.07, 6.45) is 0.187. The number of nitrogens with zero attached hydrogens (tertiary/aromatic N) is 2. The van der Waals surface area contributed by atoms with Crippen molar-refractivity contribution >= 4 is 34.4 Å². The van der Waals surface area contributed by atoms with Gasteiger partial charge >= 0.3 is 0 Å². The van der Waals surface area contributed by atoms with Gasteiger partial charge in [0.25, 0.3) is 0 Å². The minimum absolute atomic E-state index is 0.00522. The first-order chi connectivity index (χ1) is 9.63. The maximum Gasteiger partial charge on any atom is 0.242 e. The van der Waals surface area contributed by atoms with E-state index in [0.29, 0.717) is 13.1 Å². The molecule has 6 heteroatoms. The normalized spacial score (nSPS) is 20.9. The second kappa shape index (κ2) is 5.28. The van der Waals surface area contributed by atoms with E-state index in [1.165, 1.54) is 11.8 Å². The van der Waals surface area contributed by atoms with E-state index in [1.807, 2.05) is 31.2 Å². The van der Waals surface area contributed by atoms with Crippen LogP contribution < -0.4 is 5.32 Å². The van der Waals surface area contributed by atoms with Gasteiger partial charge in [-0.25, -0.2) is 0 Å². The number of nitrogens with one attached hydrogen (secondary N) is 1. The number of aliphatic imine (C=N–C) groups is 1. The van der Waals surface area contributed by atoms with E-state index in [2.05, 4.69) is 10.3 Å². The van der Waals surface area contributed by atoms with Crippen molar-refractivity contribution in [1.29, 1.82) is 0 Å². The van der Waals surface area contributed by atoms with Gasteiger partial charge in [0.1, 0.15) is 5.25 Å². The van der Waals surface area contributed by atoms with Crippen molar-refractivity contribution in [3.8, 4) is 0 Å². The third-order valence-electron chi connectivity index (χ3n) is 3.26. The van der Waals surface area contributed by atoms with Crippen molar-refractivity contribution in [1.82, 2.24) is 4.90 Å². The number of benzene rings is 1. The minimum Gasteiger partial charge on any atom is -0.326 e. The first-order valence-corrected chi connectivity index (χ1v) is 7.40. The Morgan fingerprint density at radius 1 is 1.55 bits per heavy atom. The molecule has 5 nitrogen and oxygen atoms in total. The number of fused-ring (bicyclic) bond motifs is 1. The molecule has 0 aromatic heterocycles. The Kier molecular flexibility index (Phi) is 3.48. The van der Waals surface area contributed by atoms with Crippen LogP contribution in [0.2, 0.25) is 0 Å². The van der Waals surface area contributed by atoms with Crippen molar-refractivity contribution in [2.24, 2.45) is 4.99 Å². The average Bonchev–Trinajstić information content (AvgIpc) is 2.94. The van der Waals surface area contributed by atoms with Gasteiger partial charge in [0.2, 0.25) is 11.8 Å². The fraction of sp³-hybridized carbons (Fsp3) is 0.357. The van der Waals surface area contributed by atoms with Crippen molar-refractivity contribution in [2.45, 2.75) is 18.6 Å². The summed E-state index contributed by atoms with van der Waals surface area (Å²) in [5.74, 6) is -0.131. The molecular formula is C14H15N3O2S. The maximum absolute atomic E-state index is 12.1. The summed E-state index contributed by atoms with van der Waals surface area (Å²) < 4.78 is 0. The lowest BCUT2D eigenvalue weighted by Crippen LogP contribution is -2.32. The van der Waals surface area contributed by atoms with Crippen LogP contribution in [0.1, 0.15) is 12.0 Å². The zero-order chi connectivity index (χ0) is 14.1. The standard InChI is InChI=1S/C14H15N3O2S/c1-9-3-2-4-10(7-9)16-12(18)8-11-13(19)17-6-5-15-14(17)20-11/h2-4,7,11H,5-6,8H2,1H3,(H,16,18). The summed E-state index contributed by atoms with van der Waals surface area (Å²) in [4.78, 5) is 30.0. The molecule has 0 aliphatic carbocycles. The van der Waals surface area contributed by atoms with Crippen LogP contribution in [0.5, 0.6) is 0 Å². The Labute approximate surface area is 121 Å². The number of carbonyl (C=O) groups excluding carboxylic acids is 2. The Balaban J connectivity index is 1.61. The summed E-state index contributed by atoms with van der Waals surface area (Å²) in [6, 6.07) is 7.62. The quantitative estimate of drug-likeness (QED) is 0.920. The van der Waals surface area contributed by atoms with Crippen molar-refractivity contribution in [3.63, 3.8) is 0 Å². The highest BCUT2D eigenvalue weighted by Gasteiger charge is 2.40. The molecule has 1 N–H and O–H groups in total. The molecule has 1 aromatic rings. The fourth-order valence-corrected chi connectivity index (χ4v) is 3.51. The van der Waals surface area contributed by atoms with Gasteiger partial charge in [-0.2, -0.15) is 0 Å². The molecule has 20 heavy (non-hydrogen) atoms. The van der Waals surface area contributed by atoms with E-state index < -0.39 is 0 Å². The fourth-order valence-electron chi connectivity index (χ4n) is 2.32. The molecular weight excluding hydrogens is 274 g/mol. The number of aryl methyl sites for hydroxylation is 1. The van der Waals surface area contributed by atoms with Gasteiger partial charge in [0.15, 0.2) is 5.17 Å². The second-order valence-corrected chi connectivity index (χ2v) is 6.05. The molecule has 1 saturated heterocycles. The third-order valence-corrected chi connectivity index (χ3v) is 4.48. The van der Waals surface area contributed by atoms with Crippen LogP contribution >= 0.6 is 11.8 Å². The summed E-state index contributed by atoms with van der Waals surface area (Å²) in [6.45, 7) is 3.30. The van der Waals surface area contributed by atoms with Crippen LogP contribution in [0, 0.1) is 6.92 Å². The number of hydrogen-bond acceptors (Lipinski definition) is 4. The SMILES string of the molecule is Cc1cccc(NC(=O)CC2SC3=NCCN3C2=O)c1. The summed E-state index contributed by atoms with van der Waals surface area (Å²) in [5.41, 5.74) is 1.85. The highest BCUT2D eigenvalue weighted by atomic mass is 32.2. The first-order valence-electron chi connectivity index (χ1n) is 6.52. The van der Waals surface area contributed by atoms with Crippen molar-refractivity contribution < 1.29 is 9.59 Å². The van der Waals surface area contributed by atoms with Crippen molar-refractivity contribution in [2.75, 3.05) is 18.4 Å². The Morgan fingerprint density at radius 3 is 3.15 bits per heavy atom. The Bertz CT molecular complexity index is 600. The number of anilines is 1. The topological polar surface area (TPSA) is 61.8 Å². The first kappa shape index (κ1) is 13.2. The predicted molar refractivity (Wildman–Crippen MR) is 79.8 cm³/mol. The van der Waals surface area contributed by atoms with Gasteiger partial charge in [0.05, 0.1) is 6.54 Å². The molecule has 3 rings (SSSR count). The molecule has 0 saturated carbocycles. The largest absolute Gasteiger partial charge is 0.326 e. The lowest BCUT2D eigenvalue weighted by Gasteiger charge is -2.10. The molecule has 0 spiro atoms. The van der Waals surface area contributed by atoms with E-state index in [4.69, 9.17) is 0 Å².